The number of nitrogens with zero attached hydrogens (tertiary/aromatic N) is 4. The van der Waals surface area contributed by atoms with Gasteiger partial charge in [-0.25, -0.2) is 19.3 Å². The molecule has 0 saturated carbocycles. The lowest BCUT2D eigenvalue weighted by Gasteiger charge is -2.29. The summed E-state index contributed by atoms with van der Waals surface area (Å²) >= 11 is 0. The van der Waals surface area contributed by atoms with Crippen LogP contribution in [0.25, 0.3) is 16.6 Å². The summed E-state index contributed by atoms with van der Waals surface area (Å²) in [4.78, 5) is 31.4. The monoisotopic (exact) mass is 414 g/mol. The molecule has 3 rings (SSSR count). The first-order chi connectivity index (χ1) is 14.1. The Morgan fingerprint density at radius 2 is 2.00 bits per heavy atom. The molecule has 0 unspecified atom stereocenters. The lowest BCUT2D eigenvalue weighted by atomic mass is 10.0. The molecule has 1 amide bonds. The third-order valence-electron chi connectivity index (χ3n) is 4.74. The third-order valence-corrected chi connectivity index (χ3v) is 4.74. The number of amides is 1. The summed E-state index contributed by atoms with van der Waals surface area (Å²) in [6, 6.07) is 1.87. The van der Waals surface area contributed by atoms with E-state index in [2.05, 4.69) is 5.10 Å². The minimum absolute atomic E-state index is 0.100. The van der Waals surface area contributed by atoms with Gasteiger partial charge in [0.15, 0.2) is 5.65 Å². The van der Waals surface area contributed by atoms with Gasteiger partial charge in [-0.1, -0.05) is 6.08 Å². The maximum Gasteiger partial charge on any atom is 0.410 e. The maximum atomic E-state index is 12.6. The van der Waals surface area contributed by atoms with Gasteiger partial charge in [0, 0.05) is 19.1 Å². The molecule has 0 radical (unpaired) electrons. The molecule has 8 heteroatoms. The number of esters is 1. The van der Waals surface area contributed by atoms with Crippen molar-refractivity contribution in [1.82, 2.24) is 19.7 Å². The van der Waals surface area contributed by atoms with Gasteiger partial charge in [0.05, 0.1) is 29.4 Å². The lowest BCUT2D eigenvalue weighted by molar-refractivity contribution is 0.0270. The van der Waals surface area contributed by atoms with Gasteiger partial charge >= 0.3 is 12.1 Å². The second-order valence-electron chi connectivity index (χ2n) is 8.60. The lowest BCUT2D eigenvalue weighted by Crippen LogP contribution is -2.39. The maximum absolute atomic E-state index is 12.6. The third kappa shape index (κ3) is 4.63. The van der Waals surface area contributed by atoms with E-state index >= 15 is 0 Å². The van der Waals surface area contributed by atoms with Crippen molar-refractivity contribution in [2.75, 3.05) is 19.7 Å². The molecule has 30 heavy (non-hydrogen) atoms. The van der Waals surface area contributed by atoms with Crippen LogP contribution in [0.5, 0.6) is 0 Å². The predicted octanol–water partition coefficient (Wildman–Crippen LogP) is 4.21. The molecular weight excluding hydrogens is 384 g/mol. The first-order valence-electron chi connectivity index (χ1n) is 10.3. The molecule has 1 aliphatic heterocycles. The summed E-state index contributed by atoms with van der Waals surface area (Å²) in [5.74, 6) is -0.388. The van der Waals surface area contributed by atoms with Gasteiger partial charge < -0.3 is 14.4 Å². The number of pyridine rings is 1. The number of fused-ring (bicyclic) bond motifs is 1. The standard InChI is InChI=1S/C22H30N4O4/c1-7-29-20(27)16-12-18(24-19-17(16)13-23-26(19)14(2)3)15-8-10-25(11-9-15)21(28)30-22(4,5)6/h8,12-14H,7,9-11H2,1-6H3. The van der Waals surface area contributed by atoms with Crippen molar-refractivity contribution in [2.24, 2.45) is 0 Å². The summed E-state index contributed by atoms with van der Waals surface area (Å²) in [5.41, 5.74) is 2.27. The average molecular weight is 415 g/mol. The fourth-order valence-electron chi connectivity index (χ4n) is 3.33. The van der Waals surface area contributed by atoms with E-state index in [1.165, 1.54) is 0 Å². The van der Waals surface area contributed by atoms with E-state index in [1.54, 1.807) is 28.8 Å². The fourth-order valence-corrected chi connectivity index (χ4v) is 3.33. The molecule has 8 nitrogen and oxygen atoms in total. The highest BCUT2D eigenvalue weighted by molar-refractivity contribution is 6.03. The number of hydrogen-bond donors (Lipinski definition) is 0. The van der Waals surface area contributed by atoms with Crippen LogP contribution >= 0.6 is 0 Å². The number of hydrogen-bond acceptors (Lipinski definition) is 6. The first kappa shape index (κ1) is 21.8. The Bertz CT molecular complexity index is 985. The second kappa shape index (κ2) is 8.45. The Kier molecular flexibility index (Phi) is 6.14. The summed E-state index contributed by atoms with van der Waals surface area (Å²) in [5, 5.41) is 5.09. The number of aromatic nitrogens is 3. The SMILES string of the molecule is CCOC(=O)c1cc(C2=CCN(C(=O)OC(C)(C)C)CC2)nc2c1cnn2C(C)C. The smallest absolute Gasteiger partial charge is 0.410 e. The number of carbonyl (C=O) groups is 2. The van der Waals surface area contributed by atoms with Gasteiger partial charge in [-0.3, -0.25) is 0 Å². The molecule has 0 saturated heterocycles. The summed E-state index contributed by atoms with van der Waals surface area (Å²) in [6.45, 7) is 12.6. The Labute approximate surface area is 176 Å². The van der Waals surface area contributed by atoms with E-state index in [-0.39, 0.29) is 18.1 Å². The van der Waals surface area contributed by atoms with Gasteiger partial charge in [0.2, 0.25) is 0 Å². The van der Waals surface area contributed by atoms with E-state index in [4.69, 9.17) is 14.5 Å². The van der Waals surface area contributed by atoms with Crippen molar-refractivity contribution in [3.05, 3.63) is 29.6 Å². The van der Waals surface area contributed by atoms with Gasteiger partial charge in [-0.05, 0) is 59.6 Å². The summed E-state index contributed by atoms with van der Waals surface area (Å²) < 4.78 is 12.5. The molecule has 1 aliphatic rings. The van der Waals surface area contributed by atoms with Crippen LogP contribution in [0.1, 0.15) is 70.1 Å². The Morgan fingerprint density at radius 3 is 2.57 bits per heavy atom. The summed E-state index contributed by atoms with van der Waals surface area (Å²) in [7, 11) is 0. The predicted molar refractivity (Wildman–Crippen MR) is 114 cm³/mol. The van der Waals surface area contributed by atoms with Crippen LogP contribution in [0.2, 0.25) is 0 Å². The van der Waals surface area contributed by atoms with Crippen LogP contribution in [0.15, 0.2) is 18.3 Å². The van der Waals surface area contributed by atoms with Crippen LogP contribution in [-0.4, -0.2) is 57.0 Å². The van der Waals surface area contributed by atoms with Crippen molar-refractivity contribution < 1.29 is 19.1 Å². The number of ether oxygens (including phenoxy) is 2. The zero-order valence-electron chi connectivity index (χ0n) is 18.6. The highest BCUT2D eigenvalue weighted by Gasteiger charge is 2.25. The molecule has 0 aromatic carbocycles. The highest BCUT2D eigenvalue weighted by atomic mass is 16.6. The molecular formula is C22H30N4O4. The van der Waals surface area contributed by atoms with Crippen molar-refractivity contribution in [3.63, 3.8) is 0 Å². The van der Waals surface area contributed by atoms with Crippen LogP contribution in [0.4, 0.5) is 4.79 Å². The molecule has 0 bridgehead atoms. The Morgan fingerprint density at radius 1 is 1.27 bits per heavy atom. The van der Waals surface area contributed by atoms with E-state index in [0.717, 1.165) is 5.57 Å². The Balaban J connectivity index is 1.95. The van der Waals surface area contributed by atoms with Crippen LogP contribution in [0.3, 0.4) is 0 Å². The van der Waals surface area contributed by atoms with Gasteiger partial charge in [0.25, 0.3) is 0 Å². The largest absolute Gasteiger partial charge is 0.462 e. The molecule has 0 N–H and O–H groups in total. The van der Waals surface area contributed by atoms with Gasteiger partial charge in [-0.15, -0.1) is 0 Å². The molecule has 2 aromatic rings. The number of carbonyl (C=O) groups excluding carboxylic acids is 2. The van der Waals surface area contributed by atoms with E-state index < -0.39 is 5.60 Å². The van der Waals surface area contributed by atoms with Crippen molar-refractivity contribution >= 4 is 28.7 Å². The second-order valence-corrected chi connectivity index (χ2v) is 8.60. The minimum Gasteiger partial charge on any atom is -0.462 e. The normalized spacial score (nSPS) is 14.8. The molecule has 0 aliphatic carbocycles. The van der Waals surface area contributed by atoms with Crippen molar-refractivity contribution in [1.29, 1.82) is 0 Å². The zero-order valence-corrected chi connectivity index (χ0v) is 18.6. The molecule has 3 heterocycles. The topological polar surface area (TPSA) is 86.6 Å². The van der Waals surface area contributed by atoms with Gasteiger partial charge in [-0.2, -0.15) is 5.10 Å². The summed E-state index contributed by atoms with van der Waals surface area (Å²) in [6.07, 6.45) is 3.92. The zero-order chi connectivity index (χ0) is 22.1. The van der Waals surface area contributed by atoms with E-state index in [9.17, 15) is 9.59 Å². The molecule has 162 valence electrons. The van der Waals surface area contributed by atoms with Gasteiger partial charge in [0.1, 0.15) is 5.60 Å². The van der Waals surface area contributed by atoms with E-state index in [0.29, 0.717) is 48.4 Å². The van der Waals surface area contributed by atoms with Crippen LogP contribution in [-0.2, 0) is 9.47 Å². The minimum atomic E-state index is -0.530. The van der Waals surface area contributed by atoms with Crippen molar-refractivity contribution in [2.45, 2.75) is 59.6 Å². The average Bonchev–Trinajstić information content (AvgIpc) is 3.10. The quantitative estimate of drug-likeness (QED) is 0.697. The molecule has 0 atom stereocenters. The first-order valence-corrected chi connectivity index (χ1v) is 10.3. The molecule has 0 spiro atoms. The molecule has 0 fully saturated rings. The highest BCUT2D eigenvalue weighted by Crippen LogP contribution is 2.28. The van der Waals surface area contributed by atoms with Crippen LogP contribution < -0.4 is 0 Å². The molecule has 2 aromatic heterocycles. The van der Waals surface area contributed by atoms with E-state index in [1.807, 2.05) is 40.7 Å². The van der Waals surface area contributed by atoms with Crippen molar-refractivity contribution in [3.8, 4) is 0 Å². The number of rotatable bonds is 4. The fraction of sp³-hybridized carbons (Fsp3) is 0.545. The van der Waals surface area contributed by atoms with Crippen LogP contribution in [0, 0.1) is 0 Å². The Hall–Kier alpha value is -2.90.